The molecule has 0 saturated heterocycles. The molecule has 0 bridgehead atoms. The van der Waals surface area contributed by atoms with Crippen molar-refractivity contribution in [3.8, 4) is 73.2 Å². The zero-order valence-corrected chi connectivity index (χ0v) is 44.4. The summed E-state index contributed by atoms with van der Waals surface area (Å²) in [6.07, 6.45) is 0. The van der Waals surface area contributed by atoms with Gasteiger partial charge in [0.25, 0.3) is 0 Å². The summed E-state index contributed by atoms with van der Waals surface area (Å²) in [6, 6.07) is 91.1. The molecule has 0 aliphatic carbocycles. The van der Waals surface area contributed by atoms with E-state index in [-0.39, 0.29) is 0 Å². The zero-order chi connectivity index (χ0) is 52.9. The normalized spacial score (nSPS) is 11.8. The van der Waals surface area contributed by atoms with Crippen LogP contribution in [0.2, 0.25) is 0 Å². The molecular formula is C74H53N5. The third kappa shape index (κ3) is 7.84. The topological polar surface area (TPSA) is 40.6 Å². The average molecular weight is 1010 g/mol. The second kappa shape index (κ2) is 18.3. The predicted octanol–water partition coefficient (Wildman–Crippen LogP) is 19.3. The minimum atomic E-state index is 0.719. The number of para-hydroxylation sites is 2. The van der Waals surface area contributed by atoms with E-state index in [4.69, 9.17) is 9.97 Å². The Kier molecular flexibility index (Phi) is 10.7. The van der Waals surface area contributed by atoms with Gasteiger partial charge in [-0.3, -0.25) is 0 Å². The van der Waals surface area contributed by atoms with E-state index >= 15 is 0 Å². The zero-order valence-electron chi connectivity index (χ0n) is 44.4. The fourth-order valence-corrected chi connectivity index (χ4v) is 12.1. The highest BCUT2D eigenvalue weighted by atomic mass is 15.0. The molecule has 0 amide bonds. The minimum Gasteiger partial charge on any atom is -0.309 e. The van der Waals surface area contributed by atoms with Crippen molar-refractivity contribution in [2.24, 2.45) is 0 Å². The third-order valence-corrected chi connectivity index (χ3v) is 16.1. The van der Waals surface area contributed by atoms with Crippen molar-refractivity contribution in [3.63, 3.8) is 0 Å². The Morgan fingerprint density at radius 2 is 0.532 bits per heavy atom. The van der Waals surface area contributed by atoms with Gasteiger partial charge in [-0.25, -0.2) is 9.97 Å². The highest BCUT2D eigenvalue weighted by Gasteiger charge is 2.20. The summed E-state index contributed by atoms with van der Waals surface area (Å²) in [5, 5.41) is 7.46. The number of fused-ring (bicyclic) bond motifs is 9. The molecular weight excluding hydrogens is 959 g/mol. The van der Waals surface area contributed by atoms with Crippen molar-refractivity contribution in [3.05, 3.63) is 271 Å². The van der Waals surface area contributed by atoms with Gasteiger partial charge in [0.15, 0.2) is 5.82 Å². The van der Waals surface area contributed by atoms with E-state index in [0.29, 0.717) is 0 Å². The first-order valence-electron chi connectivity index (χ1n) is 27.2. The van der Waals surface area contributed by atoms with Crippen LogP contribution in [0.25, 0.3) is 139 Å². The second-order valence-corrected chi connectivity index (χ2v) is 21.4. The fraction of sp³-hybridized carbons (Fsp3) is 0.0541. The molecule has 79 heavy (non-hydrogen) atoms. The van der Waals surface area contributed by atoms with Gasteiger partial charge in [-0.15, -0.1) is 0 Å². The van der Waals surface area contributed by atoms with Crippen molar-refractivity contribution in [1.82, 2.24) is 23.7 Å². The molecule has 374 valence electrons. The maximum Gasteiger partial charge on any atom is 0.160 e. The number of benzene rings is 11. The maximum atomic E-state index is 5.10. The molecule has 15 aromatic rings. The van der Waals surface area contributed by atoms with E-state index in [1.165, 1.54) is 82.2 Å². The lowest BCUT2D eigenvalue weighted by Gasteiger charge is -2.12. The number of aryl methyl sites for hydroxylation is 4. The number of hydrogen-bond donors (Lipinski definition) is 0. The summed E-state index contributed by atoms with van der Waals surface area (Å²) in [5.41, 5.74) is 25.0. The van der Waals surface area contributed by atoms with E-state index in [9.17, 15) is 0 Å². The summed E-state index contributed by atoms with van der Waals surface area (Å²) >= 11 is 0. The molecule has 0 atom stereocenters. The molecule has 5 nitrogen and oxygen atoms in total. The monoisotopic (exact) mass is 1010 g/mol. The van der Waals surface area contributed by atoms with Gasteiger partial charge < -0.3 is 13.7 Å². The van der Waals surface area contributed by atoms with Gasteiger partial charge in [-0.05, 0) is 141 Å². The molecule has 0 spiro atoms. The summed E-state index contributed by atoms with van der Waals surface area (Å²) in [7, 11) is 0. The quantitative estimate of drug-likeness (QED) is 0.152. The van der Waals surface area contributed by atoms with E-state index in [2.05, 4.69) is 290 Å². The van der Waals surface area contributed by atoms with Crippen LogP contribution in [0.5, 0.6) is 0 Å². The van der Waals surface area contributed by atoms with Gasteiger partial charge >= 0.3 is 0 Å². The van der Waals surface area contributed by atoms with Crippen LogP contribution < -0.4 is 0 Å². The summed E-state index contributed by atoms with van der Waals surface area (Å²) in [4.78, 5) is 10.1. The molecule has 11 aromatic carbocycles. The van der Waals surface area contributed by atoms with Crippen LogP contribution in [0, 0.1) is 27.7 Å². The summed E-state index contributed by atoms with van der Waals surface area (Å²) < 4.78 is 7.31. The Hall–Kier alpha value is -10.1. The molecule has 0 N–H and O–H groups in total. The smallest absolute Gasteiger partial charge is 0.160 e. The van der Waals surface area contributed by atoms with Crippen LogP contribution in [0.1, 0.15) is 22.3 Å². The molecule has 0 aliphatic rings. The Labute approximate surface area is 458 Å². The van der Waals surface area contributed by atoms with E-state index in [1.54, 1.807) is 0 Å². The van der Waals surface area contributed by atoms with Gasteiger partial charge in [0.2, 0.25) is 0 Å². The molecule has 0 fully saturated rings. The van der Waals surface area contributed by atoms with Gasteiger partial charge in [0.05, 0.1) is 44.5 Å². The lowest BCUT2D eigenvalue weighted by Crippen LogP contribution is -1.96. The first-order valence-corrected chi connectivity index (χ1v) is 27.2. The minimum absolute atomic E-state index is 0.719. The molecule has 15 rings (SSSR count). The Morgan fingerprint density at radius 3 is 0.975 bits per heavy atom. The largest absolute Gasteiger partial charge is 0.309 e. The van der Waals surface area contributed by atoms with E-state index < -0.39 is 0 Å². The first-order chi connectivity index (χ1) is 38.8. The van der Waals surface area contributed by atoms with Crippen LogP contribution >= 0.6 is 0 Å². The highest BCUT2D eigenvalue weighted by molar-refractivity contribution is 6.14. The van der Waals surface area contributed by atoms with Crippen LogP contribution in [0.15, 0.2) is 249 Å². The Morgan fingerprint density at radius 1 is 0.228 bits per heavy atom. The van der Waals surface area contributed by atoms with Crippen LogP contribution in [-0.4, -0.2) is 23.7 Å². The number of aromatic nitrogens is 5. The molecule has 0 radical (unpaired) electrons. The third-order valence-electron chi connectivity index (χ3n) is 16.1. The van der Waals surface area contributed by atoms with E-state index in [0.717, 1.165) is 78.7 Å². The highest BCUT2D eigenvalue weighted by Crippen LogP contribution is 2.41. The van der Waals surface area contributed by atoms with Crippen molar-refractivity contribution < 1.29 is 0 Å². The van der Waals surface area contributed by atoms with Crippen LogP contribution in [0.3, 0.4) is 0 Å². The molecule has 4 aromatic heterocycles. The number of hydrogen-bond acceptors (Lipinski definition) is 2. The van der Waals surface area contributed by atoms with E-state index in [1.807, 2.05) is 0 Å². The molecule has 4 heterocycles. The van der Waals surface area contributed by atoms with Crippen molar-refractivity contribution in [1.29, 1.82) is 0 Å². The van der Waals surface area contributed by atoms with Crippen molar-refractivity contribution in [2.75, 3.05) is 0 Å². The Balaban J connectivity index is 0.789. The van der Waals surface area contributed by atoms with Crippen LogP contribution in [0.4, 0.5) is 0 Å². The predicted molar refractivity (Wildman–Crippen MR) is 331 cm³/mol. The number of nitrogens with zero attached hydrogens (tertiary/aromatic N) is 5. The first kappa shape index (κ1) is 46.2. The van der Waals surface area contributed by atoms with Crippen LogP contribution in [-0.2, 0) is 0 Å². The summed E-state index contributed by atoms with van der Waals surface area (Å²) in [6.45, 7) is 8.57. The molecule has 0 aliphatic heterocycles. The average Bonchev–Trinajstić information content (AvgIpc) is 4.27. The number of rotatable bonds is 8. The lowest BCUT2D eigenvalue weighted by atomic mass is 9.98. The van der Waals surface area contributed by atoms with Gasteiger partial charge in [0, 0.05) is 66.1 Å². The molecule has 0 saturated carbocycles. The fourth-order valence-electron chi connectivity index (χ4n) is 12.1. The SMILES string of the molecule is Cc1ccc(-c2cc(-c3ccc(-c4ccc(-c5ccc(-n6c7ccc(-n8c9ccccc9c9cc(C)ccc98)cc7c7cc(-n8c9ccccc9c9cc(C)ccc98)ccc76)cc5)cc4)cc3)nc(-c3ccc(C)cc3)n2)cc1. The standard InChI is InChI=1S/C74H53N5/c1-46-13-19-54(20-14-46)66-45-67(76-74(75-66)56-21-15-47(2)16-22-56)55-29-27-52(28-30-55)50-23-25-51(26-24-50)53-31-33-57(34-32-53)77-72-39-35-58(78-68-11-7-5-9-60(68)62-41-48(3)17-37-70(62)78)43-64(72)65-44-59(36-40-73(65)77)79-69-12-8-6-10-61(69)63-42-49(4)18-38-71(63)79/h5-45H,1-4H3. The molecule has 0 unspecified atom stereocenters. The summed E-state index contributed by atoms with van der Waals surface area (Å²) in [5.74, 6) is 0.719. The van der Waals surface area contributed by atoms with Crippen molar-refractivity contribution >= 4 is 65.4 Å². The molecule has 5 heteroatoms. The van der Waals surface area contributed by atoms with Gasteiger partial charge in [-0.1, -0.05) is 180 Å². The maximum absolute atomic E-state index is 5.10. The van der Waals surface area contributed by atoms with Gasteiger partial charge in [-0.2, -0.15) is 0 Å². The second-order valence-electron chi connectivity index (χ2n) is 21.4. The van der Waals surface area contributed by atoms with Crippen molar-refractivity contribution in [2.45, 2.75) is 27.7 Å². The van der Waals surface area contributed by atoms with Gasteiger partial charge in [0.1, 0.15) is 0 Å². The lowest BCUT2D eigenvalue weighted by molar-refractivity contribution is 1.16. The Bertz CT molecular complexity index is 4640.